The largest absolute Gasteiger partial charge is 0.382 e. The number of nitrogens with one attached hydrogen (secondary N) is 1. The Kier molecular flexibility index (Phi) is 8.67. The summed E-state index contributed by atoms with van der Waals surface area (Å²) in [7, 11) is 0. The Morgan fingerprint density at radius 3 is 2.66 bits per heavy atom. The Bertz CT molecular complexity index is 1340. The zero-order chi connectivity index (χ0) is 22.9. The van der Waals surface area contributed by atoms with E-state index < -0.39 is 0 Å². The number of pyridine rings is 1. The summed E-state index contributed by atoms with van der Waals surface area (Å²) in [6, 6.07) is 10.4. The number of nitrogens with two attached hydrogens (primary N) is 1. The van der Waals surface area contributed by atoms with Crippen LogP contribution in [0.5, 0.6) is 0 Å². The number of anilines is 1. The molecule has 0 spiro atoms. The van der Waals surface area contributed by atoms with Crippen molar-refractivity contribution >= 4 is 47.4 Å². The molecule has 4 heterocycles. The van der Waals surface area contributed by atoms with E-state index in [1.54, 1.807) is 15.9 Å². The number of nitriles is 1. The number of hydrogen-bond donors (Lipinski definition) is 2. The number of fused-ring (bicyclic) bond motifs is 1. The van der Waals surface area contributed by atoms with E-state index in [0.29, 0.717) is 28.9 Å². The van der Waals surface area contributed by atoms with Gasteiger partial charge in [0.05, 0.1) is 22.3 Å². The number of hydrogen-bond acceptors (Lipinski definition) is 8. The molecule has 1 fully saturated rings. The molecule has 0 unspecified atom stereocenters. The Morgan fingerprint density at radius 1 is 1.17 bits per heavy atom. The van der Waals surface area contributed by atoms with Crippen molar-refractivity contribution in [2.75, 3.05) is 5.32 Å². The molecule has 8 nitrogen and oxygen atoms in total. The van der Waals surface area contributed by atoms with E-state index in [4.69, 9.17) is 5.73 Å². The zero-order valence-electron chi connectivity index (χ0n) is 19.5. The minimum atomic E-state index is 0. The molecule has 35 heavy (non-hydrogen) atoms. The summed E-state index contributed by atoms with van der Waals surface area (Å²) >= 11 is 1.63. The maximum Gasteiger partial charge on any atom is 0.151 e. The third kappa shape index (κ3) is 5.57. The maximum absolute atomic E-state index is 9.70. The van der Waals surface area contributed by atoms with E-state index in [0.717, 1.165) is 52.5 Å². The van der Waals surface area contributed by atoms with E-state index >= 15 is 0 Å². The molecule has 0 saturated heterocycles. The Hall–Kier alpha value is -2.77. The third-order valence-electron chi connectivity index (χ3n) is 6.02. The molecule has 0 radical (unpaired) electrons. The maximum atomic E-state index is 9.70. The van der Waals surface area contributed by atoms with Crippen molar-refractivity contribution in [2.24, 2.45) is 5.73 Å². The van der Waals surface area contributed by atoms with Crippen molar-refractivity contribution in [1.82, 2.24) is 24.8 Å². The van der Waals surface area contributed by atoms with Crippen LogP contribution in [0.3, 0.4) is 0 Å². The second-order valence-electron chi connectivity index (χ2n) is 8.87. The minimum Gasteiger partial charge on any atom is -0.382 e. The van der Waals surface area contributed by atoms with Crippen LogP contribution in [-0.4, -0.2) is 36.9 Å². The number of nitrogens with zero attached hydrogens (tertiary/aromatic N) is 6. The van der Waals surface area contributed by atoms with E-state index in [-0.39, 0.29) is 30.9 Å². The highest BCUT2D eigenvalue weighted by atomic mass is 35.5. The molecule has 11 heteroatoms. The van der Waals surface area contributed by atoms with Crippen LogP contribution in [-0.2, 0) is 0 Å². The fraction of sp³-hybridized carbons (Fsp3) is 0.375. The fourth-order valence-corrected chi connectivity index (χ4v) is 5.34. The highest BCUT2D eigenvalue weighted by molar-refractivity contribution is 7.14. The molecule has 4 aromatic heterocycles. The van der Waals surface area contributed by atoms with Gasteiger partial charge in [-0.25, -0.2) is 4.52 Å². The Balaban J connectivity index is 0.00000171. The second-order valence-corrected chi connectivity index (χ2v) is 9.88. The predicted octanol–water partition coefficient (Wildman–Crippen LogP) is 5.44. The molecule has 1 aliphatic carbocycles. The third-order valence-corrected chi connectivity index (χ3v) is 7.14. The van der Waals surface area contributed by atoms with Gasteiger partial charge in [-0.3, -0.25) is 4.98 Å². The quantitative estimate of drug-likeness (QED) is 0.352. The predicted molar refractivity (Wildman–Crippen MR) is 144 cm³/mol. The number of rotatable bonds is 5. The molecule has 1 aliphatic rings. The first-order chi connectivity index (χ1) is 16.0. The molecule has 0 atom stereocenters. The van der Waals surface area contributed by atoms with Crippen molar-refractivity contribution in [3.05, 3.63) is 47.2 Å². The average Bonchev–Trinajstić information content (AvgIpc) is 3.47. The monoisotopic (exact) mass is 530 g/mol. The van der Waals surface area contributed by atoms with Crippen LogP contribution < -0.4 is 11.1 Å². The summed E-state index contributed by atoms with van der Waals surface area (Å²) in [6.45, 7) is 4.18. The van der Waals surface area contributed by atoms with Gasteiger partial charge >= 0.3 is 0 Å². The van der Waals surface area contributed by atoms with E-state index in [2.05, 4.69) is 45.5 Å². The lowest BCUT2D eigenvalue weighted by atomic mass is 9.87. The summed E-state index contributed by atoms with van der Waals surface area (Å²) in [5.41, 5.74) is 10.4. The van der Waals surface area contributed by atoms with Crippen molar-refractivity contribution in [1.29, 1.82) is 5.26 Å². The summed E-state index contributed by atoms with van der Waals surface area (Å²) in [4.78, 5) is 4.68. The molecule has 0 bridgehead atoms. The van der Waals surface area contributed by atoms with E-state index in [1.807, 2.05) is 36.7 Å². The van der Waals surface area contributed by atoms with Crippen molar-refractivity contribution in [3.8, 4) is 28.0 Å². The van der Waals surface area contributed by atoms with Crippen LogP contribution in [0.2, 0.25) is 0 Å². The molecular weight excluding hydrogens is 503 g/mol. The lowest BCUT2D eigenvalue weighted by Crippen LogP contribution is -2.25. The first kappa shape index (κ1) is 26.8. The van der Waals surface area contributed by atoms with E-state index in [9.17, 15) is 5.26 Å². The van der Waals surface area contributed by atoms with E-state index in [1.165, 1.54) is 0 Å². The summed E-state index contributed by atoms with van der Waals surface area (Å²) < 4.78 is 1.76. The lowest BCUT2D eigenvalue weighted by molar-refractivity contribution is 0.393. The average molecular weight is 532 g/mol. The number of aromatic nitrogens is 5. The lowest BCUT2D eigenvalue weighted by Gasteiger charge is -2.23. The summed E-state index contributed by atoms with van der Waals surface area (Å²) in [6.07, 6.45) is 7.88. The fourth-order valence-electron chi connectivity index (χ4n) is 4.30. The van der Waals surface area contributed by atoms with Gasteiger partial charge in [-0.05, 0) is 63.8 Å². The SMILES string of the molecule is CC(C)Nc1cc(-c2nn3cccc3cc2C#N)ncc1-c1nnc(C2CCC(N)CC2)s1.Cl.Cl. The van der Waals surface area contributed by atoms with Gasteiger partial charge in [0.2, 0.25) is 0 Å². The summed E-state index contributed by atoms with van der Waals surface area (Å²) in [5.74, 6) is 0.431. The normalized spacial score (nSPS) is 17.5. The smallest absolute Gasteiger partial charge is 0.151 e. The van der Waals surface area contributed by atoms with Crippen LogP contribution in [0, 0.1) is 11.3 Å². The molecular formula is C24H28Cl2N8S. The van der Waals surface area contributed by atoms with Gasteiger partial charge in [0.1, 0.15) is 16.8 Å². The highest BCUT2D eigenvalue weighted by Crippen LogP contribution is 2.38. The number of halogens is 2. The standard InChI is InChI=1S/C24H26N8S.2ClH/c1-14(2)28-20-11-21(22-16(12-25)10-18-4-3-9-32(18)31-22)27-13-19(20)24-30-29-23(33-24)15-5-7-17(26)8-6-15;;/h3-4,9-11,13-15,17H,5-8,26H2,1-2H3,(H,27,28);2*1H. The van der Waals surface area contributed by atoms with Gasteiger partial charge in [-0.2, -0.15) is 10.4 Å². The Labute approximate surface area is 220 Å². The summed E-state index contributed by atoms with van der Waals surface area (Å²) in [5, 5.41) is 28.8. The molecule has 0 aromatic carbocycles. The molecule has 3 N–H and O–H groups in total. The van der Waals surface area contributed by atoms with Crippen LogP contribution in [0.25, 0.3) is 27.5 Å². The zero-order valence-corrected chi connectivity index (χ0v) is 22.0. The van der Waals surface area contributed by atoms with Gasteiger partial charge in [0, 0.05) is 36.1 Å². The topological polar surface area (TPSA) is 118 Å². The molecule has 184 valence electrons. The van der Waals surface area contributed by atoms with Crippen molar-refractivity contribution in [3.63, 3.8) is 0 Å². The Morgan fingerprint density at radius 2 is 1.94 bits per heavy atom. The van der Waals surface area contributed by atoms with Crippen LogP contribution in [0.1, 0.15) is 56.0 Å². The van der Waals surface area contributed by atoms with Crippen LogP contribution in [0.4, 0.5) is 5.69 Å². The van der Waals surface area contributed by atoms with Gasteiger partial charge in [0.25, 0.3) is 0 Å². The first-order valence-electron chi connectivity index (χ1n) is 11.3. The molecule has 0 aliphatic heterocycles. The first-order valence-corrected chi connectivity index (χ1v) is 12.1. The molecule has 5 rings (SSSR count). The minimum absolute atomic E-state index is 0. The van der Waals surface area contributed by atoms with Gasteiger partial charge in [-0.15, -0.1) is 35.0 Å². The van der Waals surface area contributed by atoms with Gasteiger partial charge in [-0.1, -0.05) is 11.3 Å². The molecule has 4 aromatic rings. The molecule has 1 saturated carbocycles. The van der Waals surface area contributed by atoms with Gasteiger partial charge < -0.3 is 11.1 Å². The van der Waals surface area contributed by atoms with Crippen LogP contribution >= 0.6 is 36.2 Å². The van der Waals surface area contributed by atoms with Crippen LogP contribution in [0.15, 0.2) is 36.7 Å². The van der Waals surface area contributed by atoms with Crippen molar-refractivity contribution < 1.29 is 0 Å². The highest BCUT2D eigenvalue weighted by Gasteiger charge is 2.24. The molecule has 0 amide bonds. The van der Waals surface area contributed by atoms with Gasteiger partial charge in [0.15, 0.2) is 5.01 Å². The van der Waals surface area contributed by atoms with Crippen molar-refractivity contribution in [2.45, 2.75) is 57.5 Å². The second kappa shape index (κ2) is 11.3.